The van der Waals surface area contributed by atoms with Crippen LogP contribution in [0, 0.1) is 6.92 Å². The van der Waals surface area contributed by atoms with Gasteiger partial charge in [-0.05, 0) is 24.6 Å². The molecule has 1 aliphatic rings. The summed E-state index contributed by atoms with van der Waals surface area (Å²) < 4.78 is 10.9. The molecule has 0 saturated carbocycles. The molecule has 0 aromatic heterocycles. The third-order valence-corrected chi connectivity index (χ3v) is 3.76. The van der Waals surface area contributed by atoms with Crippen molar-refractivity contribution >= 4 is 17.5 Å². The SMILES string of the molecule is Cc1ccc(CNC(=O)CC(=O)Nc2ccc3c(c2)OCCO3)cc1. The molecular formula is C19H20N2O4. The third-order valence-electron chi connectivity index (χ3n) is 3.76. The molecule has 0 radical (unpaired) electrons. The van der Waals surface area contributed by atoms with Crippen molar-refractivity contribution in [1.82, 2.24) is 5.32 Å². The molecule has 130 valence electrons. The molecule has 2 aromatic rings. The lowest BCUT2D eigenvalue weighted by Gasteiger charge is -2.19. The molecule has 3 rings (SSSR count). The van der Waals surface area contributed by atoms with E-state index in [1.54, 1.807) is 18.2 Å². The predicted molar refractivity (Wildman–Crippen MR) is 93.7 cm³/mol. The molecule has 0 aliphatic carbocycles. The molecule has 0 unspecified atom stereocenters. The van der Waals surface area contributed by atoms with E-state index in [4.69, 9.17) is 9.47 Å². The Hall–Kier alpha value is -3.02. The lowest BCUT2D eigenvalue weighted by atomic mass is 10.1. The van der Waals surface area contributed by atoms with Crippen molar-refractivity contribution in [3.63, 3.8) is 0 Å². The molecule has 6 heteroatoms. The van der Waals surface area contributed by atoms with E-state index in [2.05, 4.69) is 10.6 Å². The fourth-order valence-electron chi connectivity index (χ4n) is 2.44. The Labute approximate surface area is 146 Å². The van der Waals surface area contributed by atoms with E-state index in [1.165, 1.54) is 0 Å². The number of hydrogen-bond acceptors (Lipinski definition) is 4. The van der Waals surface area contributed by atoms with Gasteiger partial charge in [0.25, 0.3) is 0 Å². The van der Waals surface area contributed by atoms with Gasteiger partial charge in [0.15, 0.2) is 11.5 Å². The zero-order valence-corrected chi connectivity index (χ0v) is 14.0. The van der Waals surface area contributed by atoms with Crippen molar-refractivity contribution in [1.29, 1.82) is 0 Å². The van der Waals surface area contributed by atoms with Crippen LogP contribution in [0.1, 0.15) is 17.5 Å². The third kappa shape index (κ3) is 4.73. The first-order chi connectivity index (χ1) is 12.1. The number of aryl methyl sites for hydroxylation is 1. The number of hydrogen-bond donors (Lipinski definition) is 2. The normalized spacial score (nSPS) is 12.4. The first kappa shape index (κ1) is 16.8. The van der Waals surface area contributed by atoms with Gasteiger partial charge in [-0.3, -0.25) is 9.59 Å². The van der Waals surface area contributed by atoms with E-state index in [9.17, 15) is 9.59 Å². The van der Waals surface area contributed by atoms with Gasteiger partial charge >= 0.3 is 0 Å². The largest absolute Gasteiger partial charge is 0.486 e. The van der Waals surface area contributed by atoms with E-state index in [0.29, 0.717) is 36.9 Å². The van der Waals surface area contributed by atoms with Gasteiger partial charge < -0.3 is 20.1 Å². The van der Waals surface area contributed by atoms with Crippen molar-refractivity contribution in [3.05, 3.63) is 53.6 Å². The number of nitrogens with one attached hydrogen (secondary N) is 2. The number of amides is 2. The van der Waals surface area contributed by atoms with Crippen molar-refractivity contribution in [2.24, 2.45) is 0 Å². The Balaban J connectivity index is 1.48. The first-order valence-corrected chi connectivity index (χ1v) is 8.12. The van der Waals surface area contributed by atoms with Crippen LogP contribution in [0.5, 0.6) is 11.5 Å². The lowest BCUT2D eigenvalue weighted by molar-refractivity contribution is -0.126. The van der Waals surface area contributed by atoms with Crippen LogP contribution in [0.25, 0.3) is 0 Å². The average Bonchev–Trinajstić information content (AvgIpc) is 2.61. The molecule has 0 atom stereocenters. The van der Waals surface area contributed by atoms with Gasteiger partial charge in [-0.15, -0.1) is 0 Å². The molecule has 2 aromatic carbocycles. The predicted octanol–water partition coefficient (Wildman–Crippen LogP) is 2.41. The van der Waals surface area contributed by atoms with Crippen LogP contribution >= 0.6 is 0 Å². The number of benzene rings is 2. The second kappa shape index (κ2) is 7.70. The van der Waals surface area contributed by atoms with Crippen LogP contribution in [0.2, 0.25) is 0 Å². The minimum Gasteiger partial charge on any atom is -0.486 e. The van der Waals surface area contributed by atoms with Gasteiger partial charge in [0.05, 0.1) is 0 Å². The smallest absolute Gasteiger partial charge is 0.233 e. The molecule has 2 N–H and O–H groups in total. The maximum Gasteiger partial charge on any atom is 0.233 e. The van der Waals surface area contributed by atoms with Crippen molar-refractivity contribution in [2.45, 2.75) is 19.9 Å². The Morgan fingerprint density at radius 1 is 0.960 bits per heavy atom. The Bertz CT molecular complexity index is 771. The Morgan fingerprint density at radius 2 is 1.68 bits per heavy atom. The zero-order chi connectivity index (χ0) is 17.6. The molecule has 1 heterocycles. The summed E-state index contributed by atoms with van der Waals surface area (Å²) in [5.74, 6) is 0.543. The van der Waals surface area contributed by atoms with Gasteiger partial charge in [0.1, 0.15) is 19.6 Å². The van der Waals surface area contributed by atoms with Crippen LogP contribution < -0.4 is 20.1 Å². The van der Waals surface area contributed by atoms with E-state index in [1.807, 2.05) is 31.2 Å². The molecule has 25 heavy (non-hydrogen) atoms. The van der Waals surface area contributed by atoms with Gasteiger partial charge in [-0.2, -0.15) is 0 Å². The summed E-state index contributed by atoms with van der Waals surface area (Å²) in [4.78, 5) is 23.9. The summed E-state index contributed by atoms with van der Waals surface area (Å²) in [5, 5.41) is 5.43. The number of carbonyl (C=O) groups is 2. The monoisotopic (exact) mass is 340 g/mol. The van der Waals surface area contributed by atoms with Crippen LogP contribution in [-0.2, 0) is 16.1 Å². The highest BCUT2D eigenvalue weighted by Crippen LogP contribution is 2.32. The summed E-state index contributed by atoms with van der Waals surface area (Å²) in [6, 6.07) is 13.0. The lowest BCUT2D eigenvalue weighted by Crippen LogP contribution is -2.27. The quantitative estimate of drug-likeness (QED) is 0.820. The van der Waals surface area contributed by atoms with Crippen LogP contribution in [0.4, 0.5) is 5.69 Å². The number of ether oxygens (including phenoxy) is 2. The second-order valence-electron chi connectivity index (χ2n) is 5.85. The molecule has 0 bridgehead atoms. The Kier molecular flexibility index (Phi) is 5.18. The highest BCUT2D eigenvalue weighted by atomic mass is 16.6. The van der Waals surface area contributed by atoms with E-state index in [-0.39, 0.29) is 18.2 Å². The maximum absolute atomic E-state index is 12.0. The number of anilines is 1. The van der Waals surface area contributed by atoms with Crippen LogP contribution in [0.15, 0.2) is 42.5 Å². The standard InChI is InChI=1S/C19H20N2O4/c1-13-2-4-14(5-3-13)12-20-18(22)11-19(23)21-15-6-7-16-17(10-15)25-9-8-24-16/h2-7,10H,8-9,11-12H2,1H3,(H,20,22)(H,21,23). The fourth-order valence-corrected chi connectivity index (χ4v) is 2.44. The highest BCUT2D eigenvalue weighted by molar-refractivity contribution is 6.03. The maximum atomic E-state index is 12.0. The summed E-state index contributed by atoms with van der Waals surface area (Å²) >= 11 is 0. The van der Waals surface area contributed by atoms with Gasteiger partial charge in [-0.1, -0.05) is 29.8 Å². The first-order valence-electron chi connectivity index (χ1n) is 8.12. The molecule has 0 fully saturated rings. The molecule has 1 aliphatic heterocycles. The van der Waals surface area contributed by atoms with Crippen LogP contribution in [0.3, 0.4) is 0 Å². The summed E-state index contributed by atoms with van der Waals surface area (Å²) in [6.45, 7) is 3.40. The van der Waals surface area contributed by atoms with Gasteiger partial charge in [0, 0.05) is 18.3 Å². The Morgan fingerprint density at radius 3 is 2.44 bits per heavy atom. The summed E-state index contributed by atoms with van der Waals surface area (Å²) in [5.41, 5.74) is 2.72. The second-order valence-corrected chi connectivity index (χ2v) is 5.85. The van der Waals surface area contributed by atoms with Gasteiger partial charge in [0.2, 0.25) is 11.8 Å². The molecule has 0 spiro atoms. The fraction of sp³-hybridized carbons (Fsp3) is 0.263. The van der Waals surface area contributed by atoms with Crippen LogP contribution in [-0.4, -0.2) is 25.0 Å². The molecule has 0 saturated heterocycles. The zero-order valence-electron chi connectivity index (χ0n) is 14.0. The van der Waals surface area contributed by atoms with Crippen molar-refractivity contribution < 1.29 is 19.1 Å². The molecular weight excluding hydrogens is 320 g/mol. The highest BCUT2D eigenvalue weighted by Gasteiger charge is 2.14. The minimum absolute atomic E-state index is 0.236. The molecule has 2 amide bonds. The number of carbonyl (C=O) groups excluding carboxylic acids is 2. The van der Waals surface area contributed by atoms with E-state index >= 15 is 0 Å². The molecule has 6 nitrogen and oxygen atoms in total. The van der Waals surface area contributed by atoms with Crippen molar-refractivity contribution in [2.75, 3.05) is 18.5 Å². The summed E-state index contributed by atoms with van der Waals surface area (Å²) in [7, 11) is 0. The van der Waals surface area contributed by atoms with Gasteiger partial charge in [-0.25, -0.2) is 0 Å². The summed E-state index contributed by atoms with van der Waals surface area (Å²) in [6.07, 6.45) is -0.236. The van der Waals surface area contributed by atoms with E-state index < -0.39 is 0 Å². The number of fused-ring (bicyclic) bond motifs is 1. The number of rotatable bonds is 5. The van der Waals surface area contributed by atoms with E-state index in [0.717, 1.165) is 11.1 Å². The topological polar surface area (TPSA) is 76.7 Å². The van der Waals surface area contributed by atoms with Crippen molar-refractivity contribution in [3.8, 4) is 11.5 Å². The average molecular weight is 340 g/mol. The minimum atomic E-state index is -0.377.